The van der Waals surface area contributed by atoms with Gasteiger partial charge in [-0.1, -0.05) is 6.07 Å². The smallest absolute Gasteiger partial charge is 0.255 e. The van der Waals surface area contributed by atoms with E-state index in [-0.39, 0.29) is 11.7 Å². The number of aromatic hydroxyl groups is 1. The summed E-state index contributed by atoms with van der Waals surface area (Å²) in [6, 6.07) is 11.4. The lowest BCUT2D eigenvalue weighted by Gasteiger charge is -2.11. The van der Waals surface area contributed by atoms with E-state index in [0.717, 1.165) is 0 Å². The van der Waals surface area contributed by atoms with Crippen LogP contribution in [0.3, 0.4) is 0 Å². The maximum absolute atomic E-state index is 12.2. The lowest BCUT2D eigenvalue weighted by molar-refractivity contribution is 0.102. The molecule has 5 heteroatoms. The minimum atomic E-state index is -0.367. The fourth-order valence-corrected chi connectivity index (χ4v) is 1.81. The molecule has 0 unspecified atom stereocenters. The topological polar surface area (TPSA) is 82.3 Å². The summed E-state index contributed by atoms with van der Waals surface area (Å²) in [5.74, 6) is 0.0986. The lowest BCUT2D eigenvalue weighted by atomic mass is 10.1. The first-order valence-corrected chi connectivity index (χ1v) is 6.24. The molecule has 0 saturated heterocycles. The van der Waals surface area contributed by atoms with Crippen molar-refractivity contribution in [2.45, 2.75) is 6.92 Å². The molecule has 0 aliphatic heterocycles. The molecule has 2 rings (SSSR count). The molecule has 0 radical (unpaired) electrons. The second kappa shape index (κ2) is 5.97. The first-order valence-electron chi connectivity index (χ1n) is 6.24. The second-order valence-electron chi connectivity index (χ2n) is 4.48. The Morgan fingerprint density at radius 3 is 2.67 bits per heavy atom. The van der Waals surface area contributed by atoms with E-state index >= 15 is 0 Å². The van der Waals surface area contributed by atoms with Crippen molar-refractivity contribution in [3.63, 3.8) is 0 Å². The van der Waals surface area contributed by atoms with Gasteiger partial charge in [-0.15, -0.1) is 0 Å². The van der Waals surface area contributed by atoms with Gasteiger partial charge < -0.3 is 15.2 Å². The van der Waals surface area contributed by atoms with Gasteiger partial charge in [0.1, 0.15) is 11.5 Å². The van der Waals surface area contributed by atoms with Crippen LogP contribution in [0.5, 0.6) is 11.5 Å². The summed E-state index contributed by atoms with van der Waals surface area (Å²) in [7, 11) is 1.46. The number of phenolic OH excluding ortho intramolecular Hbond substituents is 1. The van der Waals surface area contributed by atoms with Crippen LogP contribution in [0.2, 0.25) is 0 Å². The molecule has 21 heavy (non-hydrogen) atoms. The van der Waals surface area contributed by atoms with Crippen molar-refractivity contribution in [1.29, 1.82) is 5.26 Å². The predicted octanol–water partition coefficient (Wildman–Crippen LogP) is 2.83. The van der Waals surface area contributed by atoms with Gasteiger partial charge in [-0.05, 0) is 36.8 Å². The molecule has 106 valence electrons. The lowest BCUT2D eigenvalue weighted by Crippen LogP contribution is -2.12. The predicted molar refractivity (Wildman–Crippen MR) is 78.5 cm³/mol. The van der Waals surface area contributed by atoms with Crippen molar-refractivity contribution >= 4 is 11.6 Å². The monoisotopic (exact) mass is 282 g/mol. The highest BCUT2D eigenvalue weighted by molar-refractivity contribution is 6.05. The van der Waals surface area contributed by atoms with Crippen LogP contribution in [0, 0.1) is 18.3 Å². The fourth-order valence-electron chi connectivity index (χ4n) is 1.81. The van der Waals surface area contributed by atoms with Crippen molar-refractivity contribution in [3.8, 4) is 17.6 Å². The summed E-state index contributed by atoms with van der Waals surface area (Å²) < 4.78 is 5.15. The molecule has 2 aromatic carbocycles. The molecule has 0 aliphatic rings. The molecule has 0 aliphatic carbocycles. The number of ether oxygens (including phenoxy) is 1. The minimum absolute atomic E-state index is 0.0643. The second-order valence-corrected chi connectivity index (χ2v) is 4.48. The summed E-state index contributed by atoms with van der Waals surface area (Å²) in [4.78, 5) is 12.2. The van der Waals surface area contributed by atoms with E-state index in [9.17, 15) is 9.90 Å². The zero-order valence-corrected chi connectivity index (χ0v) is 11.7. The number of hydrogen-bond acceptors (Lipinski definition) is 4. The molecule has 0 atom stereocenters. The van der Waals surface area contributed by atoms with E-state index in [1.165, 1.54) is 13.2 Å². The number of rotatable bonds is 3. The van der Waals surface area contributed by atoms with Gasteiger partial charge >= 0.3 is 0 Å². The van der Waals surface area contributed by atoms with Gasteiger partial charge in [0, 0.05) is 11.6 Å². The van der Waals surface area contributed by atoms with E-state index in [1.54, 1.807) is 37.3 Å². The number of nitrogens with one attached hydrogen (secondary N) is 1. The normalized spacial score (nSPS) is 9.76. The third-order valence-corrected chi connectivity index (χ3v) is 3.05. The van der Waals surface area contributed by atoms with E-state index in [1.807, 2.05) is 6.07 Å². The van der Waals surface area contributed by atoms with E-state index < -0.39 is 0 Å². The third kappa shape index (κ3) is 3.12. The van der Waals surface area contributed by atoms with Gasteiger partial charge in [0.05, 0.1) is 24.4 Å². The Balaban J connectivity index is 2.27. The van der Waals surface area contributed by atoms with Crippen LogP contribution in [0.1, 0.15) is 21.5 Å². The molecule has 2 aromatic rings. The summed E-state index contributed by atoms with van der Waals surface area (Å²) in [5, 5.41) is 21.2. The number of aryl methyl sites for hydroxylation is 1. The SMILES string of the molecule is COc1cc(C#N)ccc1NC(=O)c1ccc(C)c(O)c1. The molecule has 0 saturated carbocycles. The molecule has 0 aromatic heterocycles. The van der Waals surface area contributed by atoms with E-state index in [2.05, 4.69) is 5.32 Å². The molecule has 0 fully saturated rings. The van der Waals surface area contributed by atoms with Crippen LogP contribution in [0.25, 0.3) is 0 Å². The Morgan fingerprint density at radius 1 is 1.29 bits per heavy atom. The quantitative estimate of drug-likeness (QED) is 0.906. The first-order chi connectivity index (χ1) is 10.0. The largest absolute Gasteiger partial charge is 0.508 e. The highest BCUT2D eigenvalue weighted by atomic mass is 16.5. The van der Waals surface area contributed by atoms with Gasteiger partial charge in [0.25, 0.3) is 5.91 Å². The van der Waals surface area contributed by atoms with Crippen molar-refractivity contribution in [2.75, 3.05) is 12.4 Å². The van der Waals surface area contributed by atoms with Crippen LogP contribution >= 0.6 is 0 Å². The van der Waals surface area contributed by atoms with Crippen LogP contribution in [-0.2, 0) is 0 Å². The summed E-state index contributed by atoms with van der Waals surface area (Å²) in [6.07, 6.45) is 0. The van der Waals surface area contributed by atoms with Crippen molar-refractivity contribution in [1.82, 2.24) is 0 Å². The zero-order chi connectivity index (χ0) is 15.4. The fraction of sp³-hybridized carbons (Fsp3) is 0.125. The molecular formula is C16H14N2O3. The van der Waals surface area contributed by atoms with Crippen LogP contribution in [-0.4, -0.2) is 18.1 Å². The number of anilines is 1. The van der Waals surface area contributed by atoms with Gasteiger partial charge in [-0.25, -0.2) is 0 Å². The van der Waals surface area contributed by atoms with Gasteiger partial charge in [-0.2, -0.15) is 5.26 Å². The number of amides is 1. The van der Waals surface area contributed by atoms with Gasteiger partial charge in [0.15, 0.2) is 0 Å². The highest BCUT2D eigenvalue weighted by Crippen LogP contribution is 2.26. The molecular weight excluding hydrogens is 268 g/mol. The average molecular weight is 282 g/mol. The number of nitriles is 1. The van der Waals surface area contributed by atoms with E-state index in [0.29, 0.717) is 28.1 Å². The number of carbonyl (C=O) groups excluding carboxylic acids is 1. The summed E-state index contributed by atoms with van der Waals surface area (Å²) >= 11 is 0. The number of hydrogen-bond donors (Lipinski definition) is 2. The number of phenols is 1. The molecule has 2 N–H and O–H groups in total. The first kappa shape index (κ1) is 14.4. The van der Waals surface area contributed by atoms with Crippen molar-refractivity contribution < 1.29 is 14.6 Å². The third-order valence-electron chi connectivity index (χ3n) is 3.05. The van der Waals surface area contributed by atoms with Crippen LogP contribution < -0.4 is 10.1 Å². The Kier molecular flexibility index (Phi) is 4.10. The summed E-state index contributed by atoms with van der Waals surface area (Å²) in [6.45, 7) is 1.75. The number of nitrogens with zero attached hydrogens (tertiary/aromatic N) is 1. The number of carbonyl (C=O) groups is 1. The average Bonchev–Trinajstić information content (AvgIpc) is 2.50. The molecule has 0 heterocycles. The zero-order valence-electron chi connectivity index (χ0n) is 11.7. The van der Waals surface area contributed by atoms with Crippen LogP contribution in [0.4, 0.5) is 5.69 Å². The number of benzene rings is 2. The maximum atomic E-state index is 12.2. The molecule has 0 bridgehead atoms. The van der Waals surface area contributed by atoms with Gasteiger partial charge in [-0.3, -0.25) is 4.79 Å². The Bertz CT molecular complexity index is 733. The van der Waals surface area contributed by atoms with Crippen LogP contribution in [0.15, 0.2) is 36.4 Å². The minimum Gasteiger partial charge on any atom is -0.508 e. The van der Waals surface area contributed by atoms with Crippen molar-refractivity contribution in [3.05, 3.63) is 53.1 Å². The Morgan fingerprint density at radius 2 is 2.05 bits per heavy atom. The number of methoxy groups -OCH3 is 1. The molecule has 5 nitrogen and oxygen atoms in total. The Hall–Kier alpha value is -3.00. The maximum Gasteiger partial charge on any atom is 0.255 e. The van der Waals surface area contributed by atoms with Crippen molar-refractivity contribution in [2.24, 2.45) is 0 Å². The van der Waals surface area contributed by atoms with E-state index in [4.69, 9.17) is 10.00 Å². The summed E-state index contributed by atoms with van der Waals surface area (Å²) in [5.41, 5.74) is 1.94. The van der Waals surface area contributed by atoms with Gasteiger partial charge in [0.2, 0.25) is 0 Å². The highest BCUT2D eigenvalue weighted by Gasteiger charge is 2.11. The molecule has 0 spiro atoms. The Labute approximate surface area is 122 Å². The standard InChI is InChI=1S/C16H14N2O3/c1-10-3-5-12(8-14(10)19)16(20)18-13-6-4-11(9-17)7-15(13)21-2/h3-8,19H,1-2H3,(H,18,20). The molecule has 1 amide bonds.